The second-order valence-electron chi connectivity index (χ2n) is 5.15. The molecule has 6 N–H and O–H groups in total. The van der Waals surface area contributed by atoms with Crippen molar-refractivity contribution in [2.75, 3.05) is 12.3 Å². The number of nitrogens with one attached hydrogen (secondary N) is 2. The minimum absolute atomic E-state index is 0.0546. The first-order valence-electron chi connectivity index (χ1n) is 7.60. The minimum Gasteiger partial charge on any atom is -0.480 e. The fourth-order valence-electron chi connectivity index (χ4n) is 1.60. The lowest BCUT2D eigenvalue weighted by atomic mass is 10.1. The smallest absolute Gasteiger partial charge is 0.322 e. The summed E-state index contributed by atoms with van der Waals surface area (Å²) in [5.41, 5.74) is 5.30. The van der Waals surface area contributed by atoms with E-state index in [4.69, 9.17) is 15.9 Å². The first kappa shape index (κ1) is 22.9. The molecule has 0 unspecified atom stereocenters. The molecule has 0 bridgehead atoms. The van der Waals surface area contributed by atoms with E-state index in [-0.39, 0.29) is 23.7 Å². The average molecular weight is 377 g/mol. The van der Waals surface area contributed by atoms with E-state index < -0.39 is 42.4 Å². The van der Waals surface area contributed by atoms with Crippen LogP contribution in [0.3, 0.4) is 0 Å². The number of carbonyl (C=O) groups excluding carboxylic acids is 3. The van der Waals surface area contributed by atoms with Crippen molar-refractivity contribution >= 4 is 40.6 Å². The van der Waals surface area contributed by atoms with Crippen molar-refractivity contribution in [2.24, 2.45) is 5.73 Å². The summed E-state index contributed by atoms with van der Waals surface area (Å²) >= 11 is 0.862. The number of carboxylic acid groups (broad SMARTS) is 2. The van der Waals surface area contributed by atoms with Crippen molar-refractivity contribution in [3.05, 3.63) is 0 Å². The Kier molecular flexibility index (Phi) is 11.2. The Bertz CT molecular complexity index is 513. The van der Waals surface area contributed by atoms with Gasteiger partial charge >= 0.3 is 11.9 Å². The number of carbonyl (C=O) groups is 5. The number of aliphatic carboxylic acids is 2. The number of amides is 2. The zero-order valence-electron chi connectivity index (χ0n) is 13.8. The third kappa shape index (κ3) is 11.1. The number of hydrogen-bond donors (Lipinski definition) is 5. The fraction of sp³-hybridized carbons (Fsp3) is 0.643. The zero-order chi connectivity index (χ0) is 19.4. The van der Waals surface area contributed by atoms with E-state index in [1.165, 1.54) is 0 Å². The van der Waals surface area contributed by atoms with E-state index in [2.05, 4.69) is 10.6 Å². The van der Waals surface area contributed by atoms with Crippen LogP contribution >= 0.6 is 11.8 Å². The molecule has 0 fully saturated rings. The Balaban J connectivity index is 4.66. The second kappa shape index (κ2) is 12.3. The normalized spacial score (nSPS) is 12.7. The van der Waals surface area contributed by atoms with E-state index in [0.29, 0.717) is 12.8 Å². The van der Waals surface area contributed by atoms with Crippen LogP contribution in [0.2, 0.25) is 0 Å². The third-order valence-corrected chi connectivity index (χ3v) is 3.96. The van der Waals surface area contributed by atoms with Crippen LogP contribution in [0.1, 0.15) is 32.6 Å². The van der Waals surface area contributed by atoms with Crippen molar-refractivity contribution in [1.29, 1.82) is 0 Å². The standard InChI is InChI=1S/C14H23N3O7S/c1-2-3-12(21)25-7-9(13(22)16-6-11(19)20)17-10(18)5-4-8(15)14(23)24/h8-9H,2-7,15H2,1H3,(H,16,22)(H,17,18)(H,19,20)(H,23,24)/t8-,9-/m0/s1. The summed E-state index contributed by atoms with van der Waals surface area (Å²) in [6, 6.07) is -2.32. The van der Waals surface area contributed by atoms with Crippen molar-refractivity contribution < 1.29 is 34.2 Å². The fourth-order valence-corrected chi connectivity index (χ4v) is 2.53. The number of nitrogens with two attached hydrogens (primary N) is 1. The van der Waals surface area contributed by atoms with E-state index >= 15 is 0 Å². The molecule has 0 saturated heterocycles. The summed E-state index contributed by atoms with van der Waals surface area (Å²) in [6.45, 7) is 1.20. The van der Waals surface area contributed by atoms with E-state index in [1.54, 1.807) is 0 Å². The van der Waals surface area contributed by atoms with Crippen molar-refractivity contribution in [1.82, 2.24) is 10.6 Å². The molecule has 0 saturated carbocycles. The highest BCUT2D eigenvalue weighted by Gasteiger charge is 2.23. The maximum atomic E-state index is 12.0. The van der Waals surface area contributed by atoms with E-state index in [0.717, 1.165) is 11.8 Å². The molecule has 0 heterocycles. The summed E-state index contributed by atoms with van der Waals surface area (Å²) < 4.78 is 0. The van der Waals surface area contributed by atoms with Crippen LogP contribution in [-0.4, -0.2) is 63.5 Å². The van der Waals surface area contributed by atoms with Gasteiger partial charge in [0.1, 0.15) is 18.6 Å². The molecule has 0 aliphatic rings. The predicted molar refractivity (Wildman–Crippen MR) is 89.8 cm³/mol. The number of hydrogen-bond acceptors (Lipinski definition) is 7. The Hall–Kier alpha value is -2.14. The Morgan fingerprint density at radius 3 is 2.28 bits per heavy atom. The van der Waals surface area contributed by atoms with Crippen LogP contribution < -0.4 is 16.4 Å². The van der Waals surface area contributed by atoms with Crippen molar-refractivity contribution in [3.63, 3.8) is 0 Å². The highest BCUT2D eigenvalue weighted by molar-refractivity contribution is 8.13. The van der Waals surface area contributed by atoms with Crippen LogP contribution in [0, 0.1) is 0 Å². The van der Waals surface area contributed by atoms with Crippen molar-refractivity contribution in [3.8, 4) is 0 Å². The monoisotopic (exact) mass is 377 g/mol. The maximum absolute atomic E-state index is 12.0. The number of rotatable bonds is 12. The van der Waals surface area contributed by atoms with Crippen LogP contribution in [0.4, 0.5) is 0 Å². The zero-order valence-corrected chi connectivity index (χ0v) is 14.6. The lowest BCUT2D eigenvalue weighted by molar-refractivity contribution is -0.139. The van der Waals surface area contributed by atoms with Crippen LogP contribution in [0.25, 0.3) is 0 Å². The Labute approximate surface area is 148 Å². The molecule has 0 aliphatic carbocycles. The third-order valence-electron chi connectivity index (χ3n) is 2.93. The largest absolute Gasteiger partial charge is 0.480 e. The molecule has 0 aliphatic heterocycles. The van der Waals surface area contributed by atoms with Gasteiger partial charge in [-0.25, -0.2) is 0 Å². The maximum Gasteiger partial charge on any atom is 0.322 e. The Morgan fingerprint density at radius 1 is 1.12 bits per heavy atom. The quantitative estimate of drug-likeness (QED) is 0.283. The summed E-state index contributed by atoms with van der Waals surface area (Å²) in [5.74, 6) is -3.91. The lowest BCUT2D eigenvalue weighted by Gasteiger charge is -2.17. The molecule has 2 amide bonds. The molecule has 142 valence electrons. The van der Waals surface area contributed by atoms with Gasteiger partial charge in [-0.1, -0.05) is 18.7 Å². The molecule has 0 aromatic carbocycles. The van der Waals surface area contributed by atoms with Crippen molar-refractivity contribution in [2.45, 2.75) is 44.7 Å². The summed E-state index contributed by atoms with van der Waals surface area (Å²) in [6.07, 6.45) is 0.618. The first-order chi connectivity index (χ1) is 11.7. The Morgan fingerprint density at radius 2 is 1.76 bits per heavy atom. The van der Waals surface area contributed by atoms with Gasteiger partial charge in [-0.2, -0.15) is 0 Å². The molecule has 10 nitrogen and oxygen atoms in total. The average Bonchev–Trinajstić information content (AvgIpc) is 2.54. The van der Waals surface area contributed by atoms with Gasteiger partial charge in [0.25, 0.3) is 0 Å². The summed E-state index contributed by atoms with van der Waals surface area (Å²) in [7, 11) is 0. The molecular formula is C14H23N3O7S. The molecule has 11 heteroatoms. The number of carboxylic acids is 2. The molecular weight excluding hydrogens is 354 g/mol. The van der Waals surface area contributed by atoms with Gasteiger partial charge in [0.15, 0.2) is 5.12 Å². The lowest BCUT2D eigenvalue weighted by Crippen LogP contribution is -2.49. The van der Waals surface area contributed by atoms with Crippen LogP contribution in [-0.2, 0) is 24.0 Å². The SMILES string of the molecule is CCCC(=O)SC[C@H](NC(=O)CC[C@H](N)C(=O)O)C(=O)NCC(=O)O. The van der Waals surface area contributed by atoms with Gasteiger partial charge in [-0.3, -0.25) is 24.0 Å². The molecule has 0 radical (unpaired) electrons. The van der Waals surface area contributed by atoms with E-state index in [1.807, 2.05) is 6.92 Å². The second-order valence-corrected chi connectivity index (χ2v) is 6.23. The minimum atomic E-state index is -1.25. The molecule has 25 heavy (non-hydrogen) atoms. The van der Waals surface area contributed by atoms with Gasteiger partial charge in [0, 0.05) is 18.6 Å². The molecule has 0 spiro atoms. The van der Waals surface area contributed by atoms with Gasteiger partial charge < -0.3 is 26.6 Å². The summed E-state index contributed by atoms with van der Waals surface area (Å²) in [4.78, 5) is 56.5. The highest BCUT2D eigenvalue weighted by Crippen LogP contribution is 2.10. The van der Waals surface area contributed by atoms with Gasteiger partial charge in [-0.15, -0.1) is 0 Å². The van der Waals surface area contributed by atoms with Crippen LogP contribution in [0.15, 0.2) is 0 Å². The number of thioether (sulfide) groups is 1. The highest BCUT2D eigenvalue weighted by atomic mass is 32.2. The van der Waals surface area contributed by atoms with E-state index in [9.17, 15) is 24.0 Å². The molecule has 0 aromatic heterocycles. The molecule has 0 aromatic rings. The van der Waals surface area contributed by atoms with Gasteiger partial charge in [-0.05, 0) is 12.8 Å². The first-order valence-corrected chi connectivity index (χ1v) is 8.58. The summed E-state index contributed by atoms with van der Waals surface area (Å²) in [5, 5.41) is 21.6. The molecule has 2 atom stereocenters. The van der Waals surface area contributed by atoms with Gasteiger partial charge in [0.05, 0.1) is 0 Å². The topological polar surface area (TPSA) is 176 Å². The molecule has 0 rings (SSSR count). The predicted octanol–water partition coefficient (Wildman–Crippen LogP) is -1.08. The van der Waals surface area contributed by atoms with Crippen LogP contribution in [0.5, 0.6) is 0 Å². The van der Waals surface area contributed by atoms with Gasteiger partial charge in [0.2, 0.25) is 11.8 Å².